The maximum absolute atomic E-state index is 12.3. The van der Waals surface area contributed by atoms with Crippen LogP contribution in [0.2, 0.25) is 0 Å². The summed E-state index contributed by atoms with van der Waals surface area (Å²) in [6, 6.07) is 11.1. The van der Waals surface area contributed by atoms with Crippen molar-refractivity contribution in [1.82, 2.24) is 4.90 Å². The molecule has 19 heavy (non-hydrogen) atoms. The Balaban J connectivity index is 1.63. The zero-order chi connectivity index (χ0) is 12.8. The first-order valence-electron chi connectivity index (χ1n) is 7.27. The predicted octanol–water partition coefficient (Wildman–Crippen LogP) is 2.01. The molecule has 0 spiro atoms. The van der Waals surface area contributed by atoms with E-state index in [0.29, 0.717) is 24.2 Å². The van der Waals surface area contributed by atoms with E-state index >= 15 is 0 Å². The maximum atomic E-state index is 12.3. The van der Waals surface area contributed by atoms with Crippen LogP contribution in [-0.2, 0) is 16.1 Å². The van der Waals surface area contributed by atoms with E-state index in [-0.39, 0.29) is 12.1 Å². The van der Waals surface area contributed by atoms with Crippen LogP contribution in [-0.4, -0.2) is 35.5 Å². The summed E-state index contributed by atoms with van der Waals surface area (Å²) < 4.78 is 5.85. The Morgan fingerprint density at radius 1 is 1.26 bits per heavy atom. The van der Waals surface area contributed by atoms with Crippen LogP contribution >= 0.6 is 0 Å². The highest BCUT2D eigenvalue weighted by Gasteiger charge is 2.53. The van der Waals surface area contributed by atoms with Crippen LogP contribution in [0.25, 0.3) is 0 Å². The number of fused-ring (bicyclic) bond motifs is 1. The summed E-state index contributed by atoms with van der Waals surface area (Å²) in [6.45, 7) is 1.73. The van der Waals surface area contributed by atoms with Crippen LogP contribution in [0, 0.1) is 5.92 Å². The normalized spacial score (nSPS) is 37.6. The number of carbonyl (C=O) groups excluding carboxylic acids is 1. The fourth-order valence-electron chi connectivity index (χ4n) is 4.16. The summed E-state index contributed by atoms with van der Waals surface area (Å²) in [6.07, 6.45) is 2.96. The zero-order valence-corrected chi connectivity index (χ0v) is 11.0. The van der Waals surface area contributed by atoms with Gasteiger partial charge in [0.15, 0.2) is 5.78 Å². The zero-order valence-electron chi connectivity index (χ0n) is 11.0. The second-order valence-corrected chi connectivity index (χ2v) is 6.03. The average Bonchev–Trinajstić information content (AvgIpc) is 2.76. The number of Topliss-reactive ketones (excluding diaryl/α,β-unsaturated/α-hetero) is 1. The van der Waals surface area contributed by atoms with E-state index in [9.17, 15) is 4.79 Å². The molecule has 0 saturated carbocycles. The number of ketones is 1. The molecule has 0 N–H and O–H groups in total. The van der Waals surface area contributed by atoms with E-state index < -0.39 is 0 Å². The molecule has 1 aromatic carbocycles. The Kier molecular flexibility index (Phi) is 2.71. The average molecular weight is 257 g/mol. The lowest BCUT2D eigenvalue weighted by molar-refractivity contribution is -0.139. The molecule has 3 aliphatic heterocycles. The maximum Gasteiger partial charge on any atom is 0.152 e. The number of hydrogen-bond donors (Lipinski definition) is 0. The van der Waals surface area contributed by atoms with Crippen LogP contribution < -0.4 is 0 Å². The number of carbonyl (C=O) groups is 1. The van der Waals surface area contributed by atoms with Crippen molar-refractivity contribution in [3.63, 3.8) is 0 Å². The van der Waals surface area contributed by atoms with Gasteiger partial charge in [0, 0.05) is 25.6 Å². The molecule has 100 valence electrons. The highest BCUT2D eigenvalue weighted by Crippen LogP contribution is 2.44. The lowest BCUT2D eigenvalue weighted by atomic mass is 9.89. The van der Waals surface area contributed by atoms with Crippen LogP contribution in [0.4, 0.5) is 0 Å². The van der Waals surface area contributed by atoms with E-state index in [1.165, 1.54) is 5.56 Å². The van der Waals surface area contributed by atoms with Gasteiger partial charge in [-0.2, -0.15) is 0 Å². The summed E-state index contributed by atoms with van der Waals surface area (Å²) in [5.74, 6) is 1.06. The molecule has 0 amide bonds. The molecule has 3 aliphatic rings. The molecular weight excluding hydrogens is 238 g/mol. The van der Waals surface area contributed by atoms with Crippen molar-refractivity contribution in [2.75, 3.05) is 6.61 Å². The van der Waals surface area contributed by atoms with Gasteiger partial charge in [-0.15, -0.1) is 0 Å². The van der Waals surface area contributed by atoms with Gasteiger partial charge in [-0.1, -0.05) is 30.3 Å². The Labute approximate surface area is 113 Å². The quantitative estimate of drug-likeness (QED) is 0.811. The predicted molar refractivity (Wildman–Crippen MR) is 71.6 cm³/mol. The SMILES string of the molecule is O=C1CC2OCCC3CC1N(Cc1ccccc1)C32. The molecule has 1 aromatic rings. The Hall–Kier alpha value is -1.19. The monoisotopic (exact) mass is 257 g/mol. The minimum absolute atomic E-state index is 0.146. The number of nitrogens with zero attached hydrogens (tertiary/aromatic N) is 1. The highest BCUT2D eigenvalue weighted by molar-refractivity contribution is 5.86. The van der Waals surface area contributed by atoms with Gasteiger partial charge in [-0.25, -0.2) is 0 Å². The third kappa shape index (κ3) is 1.84. The number of piperidine rings is 1. The van der Waals surface area contributed by atoms with Crippen LogP contribution in [0.1, 0.15) is 24.8 Å². The van der Waals surface area contributed by atoms with Crippen molar-refractivity contribution >= 4 is 5.78 Å². The first kappa shape index (κ1) is 11.6. The minimum atomic E-state index is 0.146. The summed E-state index contributed by atoms with van der Waals surface area (Å²) in [7, 11) is 0. The van der Waals surface area contributed by atoms with Crippen molar-refractivity contribution in [3.05, 3.63) is 35.9 Å². The van der Waals surface area contributed by atoms with Crippen molar-refractivity contribution in [2.24, 2.45) is 5.92 Å². The molecule has 4 rings (SSSR count). The summed E-state index contributed by atoms with van der Waals surface area (Å²) in [5, 5.41) is 0. The molecule has 3 fully saturated rings. The van der Waals surface area contributed by atoms with Crippen molar-refractivity contribution < 1.29 is 9.53 Å². The van der Waals surface area contributed by atoms with Gasteiger partial charge in [-0.3, -0.25) is 9.69 Å². The van der Waals surface area contributed by atoms with E-state index in [0.717, 1.165) is 26.0 Å². The molecule has 3 nitrogen and oxygen atoms in total. The second-order valence-electron chi connectivity index (χ2n) is 6.03. The molecule has 0 aromatic heterocycles. The summed E-state index contributed by atoms with van der Waals surface area (Å²) in [4.78, 5) is 14.7. The second kappa shape index (κ2) is 4.43. The van der Waals surface area contributed by atoms with E-state index in [1.54, 1.807) is 0 Å². The number of benzene rings is 1. The number of rotatable bonds is 2. The van der Waals surface area contributed by atoms with Gasteiger partial charge in [0.05, 0.1) is 12.1 Å². The summed E-state index contributed by atoms with van der Waals surface area (Å²) >= 11 is 0. The standard InChI is InChI=1S/C16H19NO2/c18-14-9-15-16-12(6-7-19-15)8-13(14)17(16)10-11-4-2-1-3-5-11/h1-5,12-13,15-16H,6-10H2. The van der Waals surface area contributed by atoms with Crippen molar-refractivity contribution in [2.45, 2.75) is 44.0 Å². The Morgan fingerprint density at radius 3 is 2.95 bits per heavy atom. The lowest BCUT2D eigenvalue weighted by Gasteiger charge is -2.42. The van der Waals surface area contributed by atoms with Gasteiger partial charge >= 0.3 is 0 Å². The Morgan fingerprint density at radius 2 is 2.11 bits per heavy atom. The van der Waals surface area contributed by atoms with E-state index in [4.69, 9.17) is 4.74 Å². The fraction of sp³-hybridized carbons (Fsp3) is 0.562. The van der Waals surface area contributed by atoms with Gasteiger partial charge in [-0.05, 0) is 24.3 Å². The first-order valence-corrected chi connectivity index (χ1v) is 7.27. The van der Waals surface area contributed by atoms with Crippen LogP contribution in [0.5, 0.6) is 0 Å². The molecular formula is C16H19NO2. The highest BCUT2D eigenvalue weighted by atomic mass is 16.5. The first-order chi connectivity index (χ1) is 9.33. The van der Waals surface area contributed by atoms with Gasteiger partial charge < -0.3 is 4.74 Å². The molecule has 0 radical (unpaired) electrons. The van der Waals surface area contributed by atoms with E-state index in [2.05, 4.69) is 29.2 Å². The fourth-order valence-corrected chi connectivity index (χ4v) is 4.16. The molecule has 3 saturated heterocycles. The Bertz CT molecular complexity index is 487. The molecule has 0 aliphatic carbocycles. The molecule has 4 unspecified atom stereocenters. The smallest absolute Gasteiger partial charge is 0.152 e. The molecule has 3 heteroatoms. The van der Waals surface area contributed by atoms with Crippen molar-refractivity contribution in [3.8, 4) is 0 Å². The van der Waals surface area contributed by atoms with Crippen LogP contribution in [0.15, 0.2) is 30.3 Å². The number of ether oxygens (including phenoxy) is 1. The molecule has 2 bridgehead atoms. The topological polar surface area (TPSA) is 29.5 Å². The summed E-state index contributed by atoms with van der Waals surface area (Å²) in [5.41, 5.74) is 1.30. The minimum Gasteiger partial charge on any atom is -0.376 e. The van der Waals surface area contributed by atoms with Gasteiger partial charge in [0.2, 0.25) is 0 Å². The third-order valence-electron chi connectivity index (χ3n) is 4.98. The van der Waals surface area contributed by atoms with Crippen LogP contribution in [0.3, 0.4) is 0 Å². The lowest BCUT2D eigenvalue weighted by Crippen LogP contribution is -2.55. The largest absolute Gasteiger partial charge is 0.376 e. The van der Waals surface area contributed by atoms with E-state index in [1.807, 2.05) is 6.07 Å². The molecule has 4 atom stereocenters. The third-order valence-corrected chi connectivity index (χ3v) is 4.98. The molecule has 3 heterocycles. The number of hydrogen-bond acceptors (Lipinski definition) is 3. The van der Waals surface area contributed by atoms with Crippen molar-refractivity contribution in [1.29, 1.82) is 0 Å². The van der Waals surface area contributed by atoms with Gasteiger partial charge in [0.1, 0.15) is 0 Å². The van der Waals surface area contributed by atoms with Gasteiger partial charge in [0.25, 0.3) is 0 Å².